The number of sulfonamides is 1. The molecule has 1 saturated carbocycles. The number of nitrogens with zero attached hydrogens (tertiary/aromatic N) is 6. The molecule has 0 saturated heterocycles. The van der Waals surface area contributed by atoms with Crippen molar-refractivity contribution >= 4 is 74.1 Å². The second kappa shape index (κ2) is 20.9. The number of aryl methyl sites for hydroxylation is 1. The van der Waals surface area contributed by atoms with E-state index in [1.54, 1.807) is 0 Å². The molecule has 19 nitrogen and oxygen atoms in total. The maximum absolute atomic E-state index is 15.6. The van der Waals surface area contributed by atoms with Crippen LogP contribution < -0.4 is 9.62 Å². The number of anilines is 1. The van der Waals surface area contributed by atoms with E-state index in [0.29, 0.717) is 12.3 Å². The summed E-state index contributed by atoms with van der Waals surface area (Å²) in [6, 6.07) is 4.81. The fourth-order valence-corrected chi connectivity index (χ4v) is 10.7. The van der Waals surface area contributed by atoms with Gasteiger partial charge in [0, 0.05) is 35.1 Å². The molecule has 0 radical (unpaired) electrons. The van der Waals surface area contributed by atoms with E-state index in [-0.39, 0.29) is 49.8 Å². The number of carbonyl (C=O) groups excluding carboxylic acids is 3. The fourth-order valence-electron chi connectivity index (χ4n) is 8.84. The average molecular weight is 1180 g/mol. The molecular weight excluding hydrogens is 1140 g/mol. The van der Waals surface area contributed by atoms with E-state index >= 15 is 8.78 Å². The van der Waals surface area contributed by atoms with Crippen LogP contribution in [0.2, 0.25) is 5.02 Å². The minimum absolute atomic E-state index is 0.00263. The molecular formula is C44H45ClF10N7O12PS2. The van der Waals surface area contributed by atoms with Gasteiger partial charge in [0.05, 0.1) is 16.5 Å². The van der Waals surface area contributed by atoms with Crippen molar-refractivity contribution in [2.24, 2.45) is 5.92 Å². The number of carbonyl (C=O) groups is 3. The standard InChI is InChI=1S/C44H45ClF10N7O12PS2/c1-41(2,76(3,69)70)12-11-24-5-6-25(26-7-8-29(45)35-37(26)61(19-42(48,49)50)59-40(35)62(77(4,71)72)32(64)9-10-33(65)73-20-74-75(66,67)68)36(56-24)30(15-21-13-22(46)16-23(47)14-21)57-31(63)18-60-39-34(38(58-60)44(53,54)55)27-17-28(27)43(39,51)52/h5-8,13-14,16,27-28,30,66-68,75H,9-12,15,17-20H2,1-4H3,(H,57,63)/t27-,28?,30-/m0/s1. The van der Waals surface area contributed by atoms with Gasteiger partial charge in [-0.25, -0.2) is 17.2 Å². The fraction of sp³-hybridized carbons (Fsp3) is 0.455. The molecule has 77 heavy (non-hydrogen) atoms. The number of hydrogen-bond acceptors (Lipinski definition) is 15. The summed E-state index contributed by atoms with van der Waals surface area (Å²) in [4.78, 5) is 71.9. The molecule has 2 amide bonds. The third-order valence-corrected chi connectivity index (χ3v) is 16.8. The van der Waals surface area contributed by atoms with Crippen molar-refractivity contribution in [3.8, 4) is 11.1 Å². The van der Waals surface area contributed by atoms with Crippen molar-refractivity contribution in [1.29, 1.82) is 0 Å². The van der Waals surface area contributed by atoms with Crippen LogP contribution in [-0.2, 0) is 81.5 Å². The molecule has 5 aromatic rings. The molecule has 422 valence electrons. The number of ether oxygens (including phenoxy) is 1. The van der Waals surface area contributed by atoms with Gasteiger partial charge in [-0.3, -0.25) is 14.5 Å². The molecule has 2 aliphatic rings. The summed E-state index contributed by atoms with van der Waals surface area (Å²) in [5.74, 6) is -14.2. The average Bonchev–Trinajstić information content (AvgIpc) is 3.82. The predicted molar refractivity (Wildman–Crippen MR) is 253 cm³/mol. The molecule has 1 unspecified atom stereocenters. The van der Waals surface area contributed by atoms with Crippen LogP contribution in [0, 0.1) is 17.6 Å². The molecule has 0 spiro atoms. The largest absolute Gasteiger partial charge is 0.435 e. The summed E-state index contributed by atoms with van der Waals surface area (Å²) in [5, 5.41) is 8.45. The molecule has 2 aromatic carbocycles. The number of rotatable bonds is 20. The van der Waals surface area contributed by atoms with Gasteiger partial charge in [0.25, 0.3) is 5.92 Å². The van der Waals surface area contributed by atoms with Crippen molar-refractivity contribution in [2.75, 3.05) is 23.6 Å². The van der Waals surface area contributed by atoms with Gasteiger partial charge in [-0.05, 0) is 69.2 Å². The molecule has 1 fully saturated rings. The van der Waals surface area contributed by atoms with Crippen LogP contribution in [-0.4, -0.2) is 104 Å². The number of nitrogens with one attached hydrogen (secondary N) is 1. The van der Waals surface area contributed by atoms with Crippen molar-refractivity contribution in [3.63, 3.8) is 0 Å². The van der Waals surface area contributed by atoms with E-state index < -0.39 is 187 Å². The summed E-state index contributed by atoms with van der Waals surface area (Å²) < 4.78 is 207. The van der Waals surface area contributed by atoms with Crippen LogP contribution >= 0.6 is 19.8 Å². The van der Waals surface area contributed by atoms with E-state index in [2.05, 4.69) is 29.8 Å². The minimum Gasteiger partial charge on any atom is -0.346 e. The Morgan fingerprint density at radius 2 is 1.57 bits per heavy atom. The van der Waals surface area contributed by atoms with Gasteiger partial charge < -0.3 is 5.32 Å². The summed E-state index contributed by atoms with van der Waals surface area (Å²) >= 11 is 6.62. The Balaban J connectivity index is 1.42. The predicted octanol–water partition coefficient (Wildman–Crippen LogP) is 6.85. The minimum atomic E-state index is -5.24. The van der Waals surface area contributed by atoms with Crippen LogP contribution in [0.3, 0.4) is 0 Å². The van der Waals surface area contributed by atoms with Crippen molar-refractivity contribution in [1.82, 2.24) is 29.9 Å². The van der Waals surface area contributed by atoms with Gasteiger partial charge in [0.1, 0.15) is 23.9 Å². The zero-order valence-corrected chi connectivity index (χ0v) is 43.7. The summed E-state index contributed by atoms with van der Waals surface area (Å²) in [6.45, 7) is -1.85. The third-order valence-electron chi connectivity index (χ3n) is 12.7. The molecule has 0 aliphatic heterocycles. The Morgan fingerprint density at radius 3 is 2.16 bits per heavy atom. The number of sulfone groups is 1. The SMILES string of the molecule is CC(C)(CCc1ccc(-c2ccc(Cl)c3c(N(C(=O)CCC(=O)OCO[PH](O)(O)O)S(C)(=O)=O)nn(CC(F)(F)F)c23)c([C@H](Cc2cc(F)cc(F)c2)NC(=O)Cn2nc(C(F)(F)F)c3c2C(F)(F)C2C[C@H]32)n1)S(C)(=O)=O. The number of hydrogen-bond donors (Lipinski definition) is 4. The molecule has 7 rings (SSSR count). The number of fused-ring (bicyclic) bond motifs is 4. The van der Waals surface area contributed by atoms with E-state index in [0.717, 1.165) is 30.5 Å². The van der Waals surface area contributed by atoms with Crippen LogP contribution in [0.1, 0.15) is 85.4 Å². The number of benzene rings is 2. The Hall–Kier alpha value is -5.56. The second-order valence-electron chi connectivity index (χ2n) is 18.9. The molecule has 3 aromatic heterocycles. The van der Waals surface area contributed by atoms with Gasteiger partial charge in [0.15, 0.2) is 15.5 Å². The molecule has 33 heteroatoms. The van der Waals surface area contributed by atoms with E-state index in [1.807, 2.05) is 0 Å². The Kier molecular flexibility index (Phi) is 16.1. The summed E-state index contributed by atoms with van der Waals surface area (Å²) in [7, 11) is -13.9. The van der Waals surface area contributed by atoms with Gasteiger partial charge in [-0.2, -0.15) is 40.2 Å². The number of halogens is 11. The molecule has 4 N–H and O–H groups in total. The van der Waals surface area contributed by atoms with Gasteiger partial charge in [-0.15, -0.1) is 0 Å². The maximum Gasteiger partial charge on any atom is 0.435 e. The monoisotopic (exact) mass is 1180 g/mol. The smallest absolute Gasteiger partial charge is 0.346 e. The quantitative estimate of drug-likeness (QED) is 0.0269. The normalized spacial score (nSPS) is 17.2. The zero-order chi connectivity index (χ0) is 57.3. The number of aromatic nitrogens is 5. The molecule has 0 bridgehead atoms. The summed E-state index contributed by atoms with van der Waals surface area (Å²) in [6.07, 6.45) is -12.5. The Labute approximate surface area is 435 Å². The van der Waals surface area contributed by atoms with Gasteiger partial charge >= 0.3 is 176 Å². The Bertz CT molecular complexity index is 3390. The molecule has 3 heterocycles. The first-order chi connectivity index (χ1) is 35.3. The first kappa shape index (κ1) is 59.1. The number of amides is 2. The van der Waals surface area contributed by atoms with E-state index in [1.165, 1.54) is 26.0 Å². The van der Waals surface area contributed by atoms with Crippen molar-refractivity contribution in [3.05, 3.63) is 93.0 Å². The van der Waals surface area contributed by atoms with Crippen LogP contribution in [0.4, 0.5) is 49.7 Å². The first-order valence-electron chi connectivity index (χ1n) is 22.5. The van der Waals surface area contributed by atoms with Gasteiger partial charge in [0.2, 0.25) is 5.91 Å². The zero-order valence-electron chi connectivity index (χ0n) is 40.3. The van der Waals surface area contributed by atoms with E-state index in [4.69, 9.17) is 26.3 Å². The van der Waals surface area contributed by atoms with Gasteiger partial charge in [-0.1, -0.05) is 12.1 Å². The van der Waals surface area contributed by atoms with E-state index in [9.17, 15) is 66.3 Å². The molecule has 3 atom stereocenters. The van der Waals surface area contributed by atoms with Crippen LogP contribution in [0.5, 0.6) is 0 Å². The topological polar surface area (TPSA) is 262 Å². The summed E-state index contributed by atoms with van der Waals surface area (Å²) in [5.41, 5.74) is -5.73. The van der Waals surface area contributed by atoms with Crippen molar-refractivity contribution < 1.29 is 99.1 Å². The maximum atomic E-state index is 15.6. The molecule has 2 aliphatic carbocycles. The number of alkyl halides is 8. The second-order valence-corrected chi connectivity index (χ2v) is 25.2. The first-order valence-corrected chi connectivity index (χ1v) is 28.4. The van der Waals surface area contributed by atoms with Crippen molar-refractivity contribution in [2.45, 2.75) is 100 Å². The third kappa shape index (κ3) is 13.1. The number of esters is 1. The number of pyridine rings is 1. The van der Waals surface area contributed by atoms with Crippen LogP contribution in [0.25, 0.3) is 22.0 Å². The van der Waals surface area contributed by atoms with Crippen LogP contribution in [0.15, 0.2) is 42.5 Å². The Morgan fingerprint density at radius 1 is 0.935 bits per heavy atom.